The quantitative estimate of drug-likeness (QED) is 0.329. The first-order chi connectivity index (χ1) is 12.9. The average molecular weight is 405 g/mol. The molecule has 0 fully saturated rings. The molecule has 0 radical (unpaired) electrons. The predicted molar refractivity (Wildman–Crippen MR) is 102 cm³/mol. The fourth-order valence-electron chi connectivity index (χ4n) is 2.46. The number of carboxylic acid groups (broad SMARTS) is 2. The van der Waals surface area contributed by atoms with Gasteiger partial charge in [-0.15, -0.1) is 11.3 Å². The van der Waals surface area contributed by atoms with Crippen LogP contribution in [0.4, 0.5) is 9.59 Å². The normalized spacial score (nSPS) is 13.1. The van der Waals surface area contributed by atoms with Crippen LogP contribution in [-0.2, 0) is 9.47 Å². The first-order valence-electron chi connectivity index (χ1n) is 7.85. The summed E-state index contributed by atoms with van der Waals surface area (Å²) in [5.41, 5.74) is 1.70. The van der Waals surface area contributed by atoms with Crippen LogP contribution >= 0.6 is 23.1 Å². The molecule has 9 heteroatoms. The molecule has 3 aromatic rings. The summed E-state index contributed by atoms with van der Waals surface area (Å²) in [5, 5.41) is 17.7. The van der Waals surface area contributed by atoms with Crippen LogP contribution in [-0.4, -0.2) is 39.0 Å². The van der Waals surface area contributed by atoms with Gasteiger partial charge in [0.1, 0.15) is 6.10 Å². The lowest BCUT2D eigenvalue weighted by molar-refractivity contribution is -0.000222. The molecule has 7 nitrogen and oxygen atoms in total. The first-order valence-corrected chi connectivity index (χ1v) is 9.54. The van der Waals surface area contributed by atoms with Crippen LogP contribution in [0.1, 0.15) is 6.92 Å². The number of carbonyl (C=O) groups is 2. The Morgan fingerprint density at radius 3 is 2.41 bits per heavy atom. The van der Waals surface area contributed by atoms with Gasteiger partial charge in [0, 0.05) is 5.56 Å². The molecule has 2 N–H and O–H groups in total. The fourth-order valence-corrected chi connectivity index (χ4v) is 4.65. The number of rotatable bonds is 6. The molecular weight excluding hydrogens is 390 g/mol. The molecule has 0 bridgehead atoms. The van der Waals surface area contributed by atoms with Crippen molar-refractivity contribution in [2.24, 2.45) is 0 Å². The second-order valence-electron chi connectivity index (χ2n) is 5.46. The lowest BCUT2D eigenvalue weighted by Gasteiger charge is -2.19. The van der Waals surface area contributed by atoms with Crippen molar-refractivity contribution in [3.8, 4) is 11.1 Å². The van der Waals surface area contributed by atoms with E-state index in [-0.39, 0.29) is 0 Å². The lowest BCUT2D eigenvalue weighted by atomic mass is 10.1. The maximum atomic E-state index is 10.9. The maximum absolute atomic E-state index is 10.9. The maximum Gasteiger partial charge on any atom is 0.507 e. The van der Waals surface area contributed by atoms with E-state index in [2.05, 4.69) is 9.72 Å². The van der Waals surface area contributed by atoms with Crippen molar-refractivity contribution in [3.63, 3.8) is 0 Å². The molecule has 0 saturated heterocycles. The Kier molecular flexibility index (Phi) is 5.82. The van der Waals surface area contributed by atoms with Crippen LogP contribution in [0.3, 0.4) is 0 Å². The standard InChI is InChI=1S/C18H15NO6S2/c1-10(24-17(20)21)15(25-18(22)23)27-16-19-14-12(8-5-9-13(14)26-16)11-6-3-2-4-7-11/h2-10,15H,1H3,(H,20,21)(H,22,23). The minimum atomic E-state index is -1.51. The van der Waals surface area contributed by atoms with E-state index >= 15 is 0 Å². The summed E-state index contributed by atoms with van der Waals surface area (Å²) in [6.45, 7) is 1.43. The highest BCUT2D eigenvalue weighted by molar-refractivity contribution is 8.01. The molecule has 2 atom stereocenters. The topological polar surface area (TPSA) is 106 Å². The van der Waals surface area contributed by atoms with Crippen LogP contribution in [0.25, 0.3) is 21.3 Å². The van der Waals surface area contributed by atoms with Crippen molar-refractivity contribution in [2.75, 3.05) is 0 Å². The van der Waals surface area contributed by atoms with Gasteiger partial charge in [0.05, 0.1) is 10.2 Å². The van der Waals surface area contributed by atoms with Crippen molar-refractivity contribution in [1.29, 1.82) is 0 Å². The number of benzene rings is 2. The van der Waals surface area contributed by atoms with E-state index in [1.807, 2.05) is 48.5 Å². The molecular formula is C18H15NO6S2. The highest BCUT2D eigenvalue weighted by Crippen LogP contribution is 2.37. The first kappa shape index (κ1) is 19.0. The summed E-state index contributed by atoms with van der Waals surface area (Å²) in [5.74, 6) is 0. The molecule has 1 aromatic heterocycles. The number of hydrogen-bond donors (Lipinski definition) is 2. The second kappa shape index (κ2) is 8.28. The molecule has 2 unspecified atom stereocenters. The highest BCUT2D eigenvalue weighted by Gasteiger charge is 2.27. The van der Waals surface area contributed by atoms with Gasteiger partial charge in [-0.25, -0.2) is 14.6 Å². The Morgan fingerprint density at radius 1 is 1.04 bits per heavy atom. The highest BCUT2D eigenvalue weighted by atomic mass is 32.2. The third-order valence-corrected chi connectivity index (χ3v) is 5.95. The van der Waals surface area contributed by atoms with Gasteiger partial charge >= 0.3 is 12.3 Å². The molecule has 0 saturated carbocycles. The van der Waals surface area contributed by atoms with E-state index in [0.717, 1.165) is 33.1 Å². The fraction of sp³-hybridized carbons (Fsp3) is 0.167. The monoisotopic (exact) mass is 405 g/mol. The van der Waals surface area contributed by atoms with Gasteiger partial charge in [0.15, 0.2) is 9.78 Å². The number of thiazole rings is 1. The van der Waals surface area contributed by atoms with Crippen molar-refractivity contribution < 1.29 is 29.3 Å². The summed E-state index contributed by atoms with van der Waals surface area (Å²) < 4.78 is 10.9. The van der Waals surface area contributed by atoms with Crippen molar-refractivity contribution in [1.82, 2.24) is 4.98 Å². The average Bonchev–Trinajstić information content (AvgIpc) is 3.03. The van der Waals surface area contributed by atoms with E-state index in [1.165, 1.54) is 18.3 Å². The van der Waals surface area contributed by atoms with Crippen molar-refractivity contribution in [2.45, 2.75) is 22.8 Å². The number of ether oxygens (including phenoxy) is 2. The Morgan fingerprint density at radius 2 is 1.74 bits per heavy atom. The third-order valence-electron chi connectivity index (χ3n) is 3.59. The van der Waals surface area contributed by atoms with Crippen LogP contribution in [0.5, 0.6) is 0 Å². The molecule has 27 heavy (non-hydrogen) atoms. The number of thioether (sulfide) groups is 1. The third kappa shape index (κ3) is 4.69. The molecule has 0 aliphatic heterocycles. The van der Waals surface area contributed by atoms with E-state index in [4.69, 9.17) is 14.9 Å². The Labute approximate surface area is 162 Å². The number of nitrogens with zero attached hydrogens (tertiary/aromatic N) is 1. The Balaban J connectivity index is 1.91. The van der Waals surface area contributed by atoms with E-state index in [9.17, 15) is 9.59 Å². The van der Waals surface area contributed by atoms with Gasteiger partial charge in [-0.1, -0.05) is 42.5 Å². The largest absolute Gasteiger partial charge is 0.507 e. The summed E-state index contributed by atoms with van der Waals surface area (Å²) in [4.78, 5) is 26.3. The van der Waals surface area contributed by atoms with Gasteiger partial charge in [-0.05, 0) is 30.3 Å². The number of hydrogen-bond acceptors (Lipinski definition) is 7. The van der Waals surface area contributed by atoms with E-state index in [0.29, 0.717) is 4.34 Å². The van der Waals surface area contributed by atoms with Crippen molar-refractivity contribution >= 4 is 45.6 Å². The number of fused-ring (bicyclic) bond motifs is 1. The zero-order valence-electron chi connectivity index (χ0n) is 14.1. The smallest absolute Gasteiger partial charge is 0.450 e. The molecule has 3 rings (SSSR count). The zero-order valence-corrected chi connectivity index (χ0v) is 15.7. The Bertz CT molecular complexity index is 959. The SMILES string of the molecule is CC(OC(=O)O)C(OC(=O)O)Sc1nc2c(-c3ccccc3)cccc2s1. The Hall–Kier alpha value is -2.78. The molecule has 2 aromatic carbocycles. The van der Waals surface area contributed by atoms with Gasteiger partial charge in [-0.2, -0.15) is 0 Å². The zero-order chi connectivity index (χ0) is 19.4. The molecule has 0 aliphatic carbocycles. The minimum absolute atomic E-state index is 0.556. The van der Waals surface area contributed by atoms with Gasteiger partial charge < -0.3 is 19.7 Å². The lowest BCUT2D eigenvalue weighted by Crippen LogP contribution is -2.29. The van der Waals surface area contributed by atoms with E-state index < -0.39 is 23.9 Å². The van der Waals surface area contributed by atoms with Crippen molar-refractivity contribution in [3.05, 3.63) is 48.5 Å². The van der Waals surface area contributed by atoms with Crippen LogP contribution in [0.15, 0.2) is 52.9 Å². The van der Waals surface area contributed by atoms with Gasteiger partial charge in [-0.3, -0.25) is 0 Å². The molecule has 1 heterocycles. The van der Waals surface area contributed by atoms with Crippen LogP contribution < -0.4 is 0 Å². The van der Waals surface area contributed by atoms with Gasteiger partial charge in [0.25, 0.3) is 0 Å². The molecule has 0 aliphatic rings. The molecule has 0 spiro atoms. The van der Waals surface area contributed by atoms with Crippen LogP contribution in [0.2, 0.25) is 0 Å². The predicted octanol–water partition coefficient (Wildman–Crippen LogP) is 5.16. The summed E-state index contributed by atoms with van der Waals surface area (Å²) in [6, 6.07) is 15.6. The molecule has 140 valence electrons. The second-order valence-corrected chi connectivity index (χ2v) is 7.83. The van der Waals surface area contributed by atoms with Crippen LogP contribution in [0, 0.1) is 0 Å². The summed E-state index contributed by atoms with van der Waals surface area (Å²) in [7, 11) is 0. The van der Waals surface area contributed by atoms with E-state index in [1.54, 1.807) is 0 Å². The summed E-state index contributed by atoms with van der Waals surface area (Å²) >= 11 is 2.39. The number of para-hydroxylation sites is 1. The number of aromatic nitrogens is 1. The molecule has 0 amide bonds. The minimum Gasteiger partial charge on any atom is -0.450 e. The van der Waals surface area contributed by atoms with Gasteiger partial charge in [0.2, 0.25) is 0 Å². The summed E-state index contributed by atoms with van der Waals surface area (Å²) in [6.07, 6.45) is -4.01.